The molecule has 32 heavy (non-hydrogen) atoms. The first kappa shape index (κ1) is 21.2. The quantitative estimate of drug-likeness (QED) is 0.487. The van der Waals surface area contributed by atoms with Crippen molar-refractivity contribution in [3.63, 3.8) is 0 Å². The van der Waals surface area contributed by atoms with Crippen LogP contribution in [0.5, 0.6) is 0 Å². The number of fused-ring (bicyclic) bond motifs is 3. The number of amides is 1. The fourth-order valence-corrected chi connectivity index (χ4v) is 6.10. The molecule has 1 aliphatic heterocycles. The Balaban J connectivity index is 1.39. The van der Waals surface area contributed by atoms with Crippen molar-refractivity contribution < 1.29 is 17.9 Å². The summed E-state index contributed by atoms with van der Waals surface area (Å²) in [6.45, 7) is 1.18. The third-order valence-corrected chi connectivity index (χ3v) is 8.21. The maximum absolute atomic E-state index is 13.0. The maximum atomic E-state index is 13.0. The number of ether oxygens (including phenoxy) is 1. The Morgan fingerprint density at radius 2 is 1.69 bits per heavy atom. The Hall–Kier alpha value is -2.71. The molecule has 1 saturated heterocycles. The van der Waals surface area contributed by atoms with Crippen LogP contribution in [0, 0.1) is 0 Å². The summed E-state index contributed by atoms with van der Waals surface area (Å²) in [5.41, 5.74) is 5.69. The van der Waals surface area contributed by atoms with Crippen LogP contribution in [0.1, 0.15) is 21.5 Å². The maximum Gasteiger partial charge on any atom is 0.255 e. The van der Waals surface area contributed by atoms with Crippen molar-refractivity contribution >= 4 is 33.2 Å². The van der Waals surface area contributed by atoms with Crippen molar-refractivity contribution in [2.24, 2.45) is 0 Å². The van der Waals surface area contributed by atoms with Crippen molar-refractivity contribution in [1.82, 2.24) is 4.31 Å². The van der Waals surface area contributed by atoms with Gasteiger partial charge in [0.15, 0.2) is 0 Å². The fraction of sp³-hybridized carbons (Fsp3) is 0.208. The molecule has 1 aliphatic carbocycles. The number of halogens is 1. The number of morpholine rings is 1. The summed E-state index contributed by atoms with van der Waals surface area (Å²) in [6.07, 6.45) is 0.818. The first-order valence-corrected chi connectivity index (χ1v) is 12.2. The molecular formula is C24H21ClN2O4S. The number of carbonyl (C=O) groups excluding carboxylic acids is 1. The van der Waals surface area contributed by atoms with E-state index in [0.717, 1.165) is 12.0 Å². The molecule has 164 valence electrons. The first-order valence-electron chi connectivity index (χ1n) is 10.3. The van der Waals surface area contributed by atoms with E-state index in [9.17, 15) is 13.2 Å². The summed E-state index contributed by atoms with van der Waals surface area (Å²) in [5.74, 6) is -0.393. The van der Waals surface area contributed by atoms with Gasteiger partial charge in [0.05, 0.1) is 18.2 Å². The Morgan fingerprint density at radius 1 is 0.938 bits per heavy atom. The lowest BCUT2D eigenvalue weighted by Crippen LogP contribution is -2.40. The molecule has 3 aromatic rings. The first-order chi connectivity index (χ1) is 15.4. The third-order valence-electron chi connectivity index (χ3n) is 5.83. The number of hydrogen-bond acceptors (Lipinski definition) is 4. The van der Waals surface area contributed by atoms with Gasteiger partial charge in [-0.1, -0.05) is 41.9 Å². The average Bonchev–Trinajstić information content (AvgIpc) is 3.17. The number of nitrogens with one attached hydrogen (secondary N) is 1. The molecule has 5 rings (SSSR count). The fourth-order valence-electron chi connectivity index (χ4n) is 4.19. The van der Waals surface area contributed by atoms with Crippen LogP contribution in [0.25, 0.3) is 11.1 Å². The third kappa shape index (κ3) is 3.82. The smallest absolute Gasteiger partial charge is 0.255 e. The van der Waals surface area contributed by atoms with Gasteiger partial charge in [0.1, 0.15) is 4.90 Å². The molecule has 0 spiro atoms. The lowest BCUT2D eigenvalue weighted by atomic mass is 10.1. The van der Waals surface area contributed by atoms with Crippen molar-refractivity contribution in [3.05, 3.63) is 82.4 Å². The second-order valence-electron chi connectivity index (χ2n) is 7.82. The highest BCUT2D eigenvalue weighted by Gasteiger charge is 2.29. The second kappa shape index (κ2) is 8.33. The molecule has 0 atom stereocenters. The SMILES string of the molecule is O=C(Nc1ccc2c(c1)Cc1ccccc1-2)c1ccc(Cl)c(S(=O)(=O)N2CCOCC2)c1. The number of anilines is 1. The lowest BCUT2D eigenvalue weighted by Gasteiger charge is -2.26. The molecule has 0 saturated carbocycles. The van der Waals surface area contributed by atoms with Crippen LogP contribution in [-0.2, 0) is 21.2 Å². The Bertz CT molecular complexity index is 1320. The Kier molecular flexibility index (Phi) is 5.51. The van der Waals surface area contributed by atoms with E-state index in [-0.39, 0.29) is 28.6 Å². The Morgan fingerprint density at radius 3 is 2.50 bits per heavy atom. The zero-order chi connectivity index (χ0) is 22.3. The van der Waals surface area contributed by atoms with Crippen LogP contribution < -0.4 is 5.32 Å². The highest BCUT2D eigenvalue weighted by atomic mass is 35.5. The molecular weight excluding hydrogens is 448 g/mol. The van der Waals surface area contributed by atoms with Gasteiger partial charge in [0.2, 0.25) is 10.0 Å². The van der Waals surface area contributed by atoms with E-state index in [1.807, 2.05) is 30.3 Å². The molecule has 6 nitrogen and oxygen atoms in total. The molecule has 8 heteroatoms. The molecule has 0 bridgehead atoms. The molecule has 1 fully saturated rings. The van der Waals surface area contributed by atoms with Gasteiger partial charge in [0.25, 0.3) is 5.91 Å². The van der Waals surface area contributed by atoms with Crippen molar-refractivity contribution in [3.8, 4) is 11.1 Å². The molecule has 3 aromatic carbocycles. The summed E-state index contributed by atoms with van der Waals surface area (Å²) in [6, 6.07) is 18.4. The standard InChI is InChI=1S/C24H21ClN2O4S/c25-22-8-5-17(15-23(22)32(29,30)27-9-11-31-12-10-27)24(28)26-19-6-7-21-18(14-19)13-16-3-1-2-4-20(16)21/h1-8,14-15H,9-13H2,(H,26,28). The van der Waals surface area contributed by atoms with Crippen LogP contribution >= 0.6 is 11.6 Å². The summed E-state index contributed by atoms with van der Waals surface area (Å²) >= 11 is 6.20. The van der Waals surface area contributed by atoms with Gasteiger partial charge in [-0.3, -0.25) is 4.79 Å². The van der Waals surface area contributed by atoms with Crippen LogP contribution in [0.2, 0.25) is 5.02 Å². The van der Waals surface area contributed by atoms with Crippen LogP contribution in [-0.4, -0.2) is 44.9 Å². The van der Waals surface area contributed by atoms with E-state index in [2.05, 4.69) is 17.4 Å². The van der Waals surface area contributed by atoms with Crippen molar-refractivity contribution in [2.45, 2.75) is 11.3 Å². The molecule has 1 amide bonds. The van der Waals surface area contributed by atoms with Gasteiger partial charge in [-0.25, -0.2) is 8.42 Å². The van der Waals surface area contributed by atoms with Crippen LogP contribution in [0.4, 0.5) is 5.69 Å². The topological polar surface area (TPSA) is 75.7 Å². The lowest BCUT2D eigenvalue weighted by molar-refractivity contribution is 0.0730. The van der Waals surface area contributed by atoms with Gasteiger partial charge < -0.3 is 10.1 Å². The van der Waals surface area contributed by atoms with E-state index in [0.29, 0.717) is 18.9 Å². The largest absolute Gasteiger partial charge is 0.379 e. The number of hydrogen-bond donors (Lipinski definition) is 1. The average molecular weight is 469 g/mol. The molecule has 1 heterocycles. The summed E-state index contributed by atoms with van der Waals surface area (Å²) < 4.78 is 32.6. The van der Waals surface area contributed by atoms with Crippen LogP contribution in [0.3, 0.4) is 0 Å². The number of rotatable bonds is 4. The zero-order valence-corrected chi connectivity index (χ0v) is 18.7. The van der Waals surface area contributed by atoms with Gasteiger partial charge >= 0.3 is 0 Å². The monoisotopic (exact) mass is 468 g/mol. The molecule has 0 aromatic heterocycles. The van der Waals surface area contributed by atoms with E-state index >= 15 is 0 Å². The highest BCUT2D eigenvalue weighted by Crippen LogP contribution is 2.37. The predicted molar refractivity (Wildman–Crippen MR) is 124 cm³/mol. The number of benzene rings is 3. The van der Waals surface area contributed by atoms with E-state index in [1.165, 1.54) is 39.2 Å². The van der Waals surface area contributed by atoms with Gasteiger partial charge in [-0.15, -0.1) is 0 Å². The molecule has 1 N–H and O–H groups in total. The van der Waals surface area contributed by atoms with Gasteiger partial charge in [0, 0.05) is 24.3 Å². The van der Waals surface area contributed by atoms with Crippen molar-refractivity contribution in [1.29, 1.82) is 0 Å². The van der Waals surface area contributed by atoms with Crippen LogP contribution in [0.15, 0.2) is 65.6 Å². The van der Waals surface area contributed by atoms with Gasteiger partial charge in [-0.2, -0.15) is 4.31 Å². The van der Waals surface area contributed by atoms with E-state index < -0.39 is 15.9 Å². The molecule has 0 unspecified atom stereocenters. The number of nitrogens with zero attached hydrogens (tertiary/aromatic N) is 1. The number of sulfonamides is 1. The summed E-state index contributed by atoms with van der Waals surface area (Å²) in [5, 5.41) is 2.97. The Labute approximate surface area is 191 Å². The normalized spacial score (nSPS) is 15.8. The minimum Gasteiger partial charge on any atom is -0.379 e. The molecule has 0 radical (unpaired) electrons. The zero-order valence-electron chi connectivity index (χ0n) is 17.2. The minimum atomic E-state index is -3.82. The number of carbonyl (C=O) groups is 1. The highest BCUT2D eigenvalue weighted by molar-refractivity contribution is 7.89. The molecule has 2 aliphatic rings. The summed E-state index contributed by atoms with van der Waals surface area (Å²) in [7, 11) is -3.82. The van der Waals surface area contributed by atoms with Gasteiger partial charge in [-0.05, 0) is 59.0 Å². The van der Waals surface area contributed by atoms with Crippen molar-refractivity contribution in [2.75, 3.05) is 31.6 Å². The second-order valence-corrected chi connectivity index (χ2v) is 10.1. The summed E-state index contributed by atoms with van der Waals surface area (Å²) in [4.78, 5) is 12.8. The predicted octanol–water partition coefficient (Wildman–Crippen LogP) is 4.18. The van der Waals surface area contributed by atoms with E-state index in [1.54, 1.807) is 0 Å². The minimum absolute atomic E-state index is 0.0712. The van der Waals surface area contributed by atoms with E-state index in [4.69, 9.17) is 16.3 Å².